The molecule has 1 saturated heterocycles. The first kappa shape index (κ1) is 18.8. The second kappa shape index (κ2) is 7.55. The Morgan fingerprint density at radius 3 is 2.21 bits per heavy atom. The quantitative estimate of drug-likeness (QED) is 0.662. The molecule has 0 atom stereocenters. The van der Waals surface area contributed by atoms with Crippen molar-refractivity contribution in [1.82, 2.24) is 20.6 Å². The average molecular weight is 400 g/mol. The minimum Gasteiger partial charge on any atom is -0.332 e. The second-order valence-corrected chi connectivity index (χ2v) is 9.66. The van der Waals surface area contributed by atoms with E-state index in [0.717, 1.165) is 69.1 Å². The predicted molar refractivity (Wildman–Crippen MR) is 107 cm³/mol. The Hall–Kier alpha value is -2.22. The van der Waals surface area contributed by atoms with Crippen molar-refractivity contribution < 1.29 is 14.5 Å². The van der Waals surface area contributed by atoms with E-state index < -0.39 is 0 Å². The van der Waals surface area contributed by atoms with Crippen molar-refractivity contribution in [3.8, 4) is 0 Å². The van der Waals surface area contributed by atoms with E-state index in [-0.39, 0.29) is 17.5 Å². The highest BCUT2D eigenvalue weighted by atomic mass is 16.2. The first-order valence-corrected chi connectivity index (χ1v) is 11.0. The molecule has 4 aliphatic carbocycles. The maximum Gasteiger partial charge on any atom is 0.322 e. The molecular weight excluding hydrogens is 368 g/mol. The minimum absolute atomic E-state index is 0.0622. The maximum atomic E-state index is 12.5. The number of anilines is 1. The van der Waals surface area contributed by atoms with Gasteiger partial charge in [-0.1, -0.05) is 0 Å². The zero-order valence-corrected chi connectivity index (χ0v) is 16.9. The van der Waals surface area contributed by atoms with Gasteiger partial charge in [-0.2, -0.15) is 0 Å². The van der Waals surface area contributed by atoms with Gasteiger partial charge < -0.3 is 15.1 Å². The number of rotatable bonds is 4. The van der Waals surface area contributed by atoms with Gasteiger partial charge in [-0.3, -0.25) is 10.1 Å². The van der Waals surface area contributed by atoms with Gasteiger partial charge in [-0.05, 0) is 62.3 Å². The molecule has 29 heavy (non-hydrogen) atoms. The molecule has 5 fully saturated rings. The lowest BCUT2D eigenvalue weighted by molar-refractivity contribution is -0.892. The van der Waals surface area contributed by atoms with Gasteiger partial charge in [0.05, 0.1) is 26.2 Å². The molecule has 2 heterocycles. The lowest BCUT2D eigenvalue weighted by Gasteiger charge is -2.56. The number of carbonyl (C=O) groups is 2. The number of quaternary nitrogens is 1. The summed E-state index contributed by atoms with van der Waals surface area (Å²) in [6, 6.07) is 1.51. The molecule has 5 aliphatic rings. The molecule has 8 nitrogen and oxygen atoms in total. The second-order valence-electron chi connectivity index (χ2n) is 9.66. The molecular formula is C21H31N6O2+. The van der Waals surface area contributed by atoms with Crippen LogP contribution in [0.4, 0.5) is 10.7 Å². The van der Waals surface area contributed by atoms with Crippen LogP contribution in [0, 0.1) is 17.8 Å². The Morgan fingerprint density at radius 1 is 1.03 bits per heavy atom. The van der Waals surface area contributed by atoms with Gasteiger partial charge in [-0.15, -0.1) is 0 Å². The Morgan fingerprint density at radius 2 is 1.62 bits per heavy atom. The van der Waals surface area contributed by atoms with Crippen molar-refractivity contribution in [1.29, 1.82) is 0 Å². The zero-order valence-electron chi connectivity index (χ0n) is 16.9. The first-order valence-electron chi connectivity index (χ1n) is 11.0. The van der Waals surface area contributed by atoms with Crippen molar-refractivity contribution in [2.45, 2.75) is 44.1 Å². The Bertz CT molecular complexity index is 726. The number of hydrogen-bond acceptors (Lipinski definition) is 5. The van der Waals surface area contributed by atoms with Gasteiger partial charge in [0, 0.05) is 17.9 Å². The third kappa shape index (κ3) is 4.08. The van der Waals surface area contributed by atoms with Crippen LogP contribution in [0.1, 0.15) is 38.5 Å². The van der Waals surface area contributed by atoms with E-state index in [0.29, 0.717) is 6.54 Å². The lowest BCUT2D eigenvalue weighted by atomic mass is 9.53. The fraction of sp³-hybridized carbons (Fsp3) is 0.714. The Kier molecular flexibility index (Phi) is 4.89. The monoisotopic (exact) mass is 399 g/mol. The van der Waals surface area contributed by atoms with Crippen LogP contribution in [0.2, 0.25) is 0 Å². The third-order valence-electron chi connectivity index (χ3n) is 7.39. The van der Waals surface area contributed by atoms with E-state index in [1.165, 1.54) is 24.2 Å². The van der Waals surface area contributed by atoms with E-state index in [1.807, 2.05) is 6.07 Å². The van der Waals surface area contributed by atoms with Crippen LogP contribution < -0.4 is 20.4 Å². The van der Waals surface area contributed by atoms with Crippen LogP contribution >= 0.6 is 0 Å². The van der Waals surface area contributed by atoms with Crippen LogP contribution in [0.15, 0.2) is 18.5 Å². The topological polar surface area (TPSA) is 91.7 Å². The fourth-order valence-electron chi connectivity index (χ4n) is 6.59. The summed E-state index contributed by atoms with van der Waals surface area (Å²) in [6.45, 7) is 3.63. The molecule has 8 heteroatoms. The number of carbonyl (C=O) groups excluding carboxylic acids is 2. The standard InChI is InChI=1S/C21H30N6O2/c28-18(14-26-4-6-27(7-5-26)19-22-2-1-3-23-19)24-20(29)25-21-11-15-8-16(12-21)10-17(9-15)13-21/h1-3,15-17H,4-14H2,(H2,24,25,28,29)/p+1. The van der Waals surface area contributed by atoms with Crippen molar-refractivity contribution in [2.24, 2.45) is 17.8 Å². The average Bonchev–Trinajstić information content (AvgIpc) is 2.67. The Labute approximate surface area is 171 Å². The molecule has 1 aliphatic heterocycles. The molecule has 1 aromatic rings. The lowest BCUT2D eigenvalue weighted by Crippen LogP contribution is -3.16. The smallest absolute Gasteiger partial charge is 0.322 e. The van der Waals surface area contributed by atoms with Crippen LogP contribution in [-0.2, 0) is 4.79 Å². The van der Waals surface area contributed by atoms with E-state index in [2.05, 4.69) is 25.5 Å². The molecule has 4 saturated carbocycles. The zero-order chi connectivity index (χ0) is 19.8. The number of amides is 3. The minimum atomic E-state index is -0.298. The maximum absolute atomic E-state index is 12.5. The number of nitrogens with one attached hydrogen (secondary N) is 3. The van der Waals surface area contributed by atoms with Crippen molar-refractivity contribution >= 4 is 17.9 Å². The summed E-state index contributed by atoms with van der Waals surface area (Å²) in [5.74, 6) is 2.86. The number of hydrogen-bond donors (Lipinski definition) is 3. The molecule has 0 unspecified atom stereocenters. The van der Waals surface area contributed by atoms with Gasteiger partial charge in [0.2, 0.25) is 5.95 Å². The van der Waals surface area contributed by atoms with Gasteiger partial charge in [-0.25, -0.2) is 14.8 Å². The van der Waals surface area contributed by atoms with Crippen LogP contribution in [0.5, 0.6) is 0 Å². The van der Waals surface area contributed by atoms with Crippen LogP contribution in [0.3, 0.4) is 0 Å². The summed E-state index contributed by atoms with van der Waals surface area (Å²) in [5, 5.41) is 5.81. The predicted octanol–water partition coefficient (Wildman–Crippen LogP) is -0.0239. The van der Waals surface area contributed by atoms with E-state index in [1.54, 1.807) is 12.4 Å². The third-order valence-corrected chi connectivity index (χ3v) is 7.39. The van der Waals surface area contributed by atoms with E-state index in [9.17, 15) is 9.59 Å². The molecule has 156 valence electrons. The number of imide groups is 1. The SMILES string of the molecule is O=C(C[NH+]1CCN(c2ncccn2)CC1)NC(=O)NC12CC3CC(CC(C3)C1)C2. The highest BCUT2D eigenvalue weighted by Crippen LogP contribution is 2.55. The van der Waals surface area contributed by atoms with E-state index >= 15 is 0 Å². The highest BCUT2D eigenvalue weighted by molar-refractivity contribution is 5.95. The summed E-state index contributed by atoms with van der Waals surface area (Å²) >= 11 is 0. The normalized spacial score (nSPS) is 33.5. The molecule has 0 aromatic carbocycles. The van der Waals surface area contributed by atoms with Gasteiger partial charge >= 0.3 is 6.03 Å². The van der Waals surface area contributed by atoms with Crippen LogP contribution in [-0.4, -0.2) is 60.2 Å². The van der Waals surface area contributed by atoms with Crippen molar-refractivity contribution in [2.75, 3.05) is 37.6 Å². The number of aromatic nitrogens is 2. The van der Waals surface area contributed by atoms with Crippen molar-refractivity contribution in [3.63, 3.8) is 0 Å². The largest absolute Gasteiger partial charge is 0.332 e. The number of nitrogens with zero attached hydrogens (tertiary/aromatic N) is 3. The molecule has 1 aromatic heterocycles. The van der Waals surface area contributed by atoms with Crippen LogP contribution in [0.25, 0.3) is 0 Å². The molecule has 0 radical (unpaired) electrons. The summed E-state index contributed by atoms with van der Waals surface area (Å²) in [4.78, 5) is 36.9. The fourth-order valence-corrected chi connectivity index (χ4v) is 6.59. The van der Waals surface area contributed by atoms with E-state index in [4.69, 9.17) is 0 Å². The molecule has 3 amide bonds. The molecule has 4 bridgehead atoms. The molecule has 6 rings (SSSR count). The molecule has 3 N–H and O–H groups in total. The first-order chi connectivity index (χ1) is 14.1. The van der Waals surface area contributed by atoms with Crippen molar-refractivity contribution in [3.05, 3.63) is 18.5 Å². The summed E-state index contributed by atoms with van der Waals surface area (Å²) < 4.78 is 0. The number of urea groups is 1. The summed E-state index contributed by atoms with van der Waals surface area (Å²) in [6.07, 6.45) is 10.8. The number of piperazine rings is 1. The van der Waals surface area contributed by atoms with Gasteiger partial charge in [0.1, 0.15) is 0 Å². The highest BCUT2D eigenvalue weighted by Gasteiger charge is 2.51. The van der Waals surface area contributed by atoms with Gasteiger partial charge in [0.15, 0.2) is 6.54 Å². The van der Waals surface area contributed by atoms with Gasteiger partial charge in [0.25, 0.3) is 5.91 Å². The summed E-state index contributed by atoms with van der Waals surface area (Å²) in [7, 11) is 0. The summed E-state index contributed by atoms with van der Waals surface area (Å²) in [5.41, 5.74) is -0.0622. The Balaban J connectivity index is 1.08. The molecule has 0 spiro atoms.